The minimum atomic E-state index is -3.93. The van der Waals surface area contributed by atoms with Crippen molar-refractivity contribution in [1.29, 1.82) is 0 Å². The van der Waals surface area contributed by atoms with Gasteiger partial charge in [0.15, 0.2) is 5.03 Å². The summed E-state index contributed by atoms with van der Waals surface area (Å²) in [5.74, 6) is 0.0739. The van der Waals surface area contributed by atoms with Crippen LogP contribution in [0.15, 0.2) is 17.4 Å². The Labute approximate surface area is 119 Å². The molecule has 8 nitrogen and oxygen atoms in total. The molecule has 0 atom stereocenters. The molecule has 2 aromatic rings. The van der Waals surface area contributed by atoms with E-state index in [4.69, 9.17) is 29.6 Å². The minimum Gasteiger partial charge on any atom is -0.389 e. The molecule has 0 amide bonds. The van der Waals surface area contributed by atoms with E-state index in [1.165, 1.54) is 19.4 Å². The number of H-pyrrole nitrogens is 1. The van der Waals surface area contributed by atoms with Crippen molar-refractivity contribution in [3.05, 3.63) is 23.0 Å². The first-order valence-corrected chi connectivity index (χ1v) is 7.13. The molecule has 2 aromatic heterocycles. The monoisotopic (exact) mass is 320 g/mol. The van der Waals surface area contributed by atoms with E-state index in [9.17, 15) is 8.42 Å². The highest BCUT2D eigenvalue weighted by Crippen LogP contribution is 2.23. The van der Waals surface area contributed by atoms with Gasteiger partial charge in [0.25, 0.3) is 10.0 Å². The van der Waals surface area contributed by atoms with Gasteiger partial charge >= 0.3 is 0 Å². The molecule has 11 heteroatoms. The Morgan fingerprint density at radius 3 is 2.79 bits per heavy atom. The number of nitrogens with zero attached hydrogens (tertiary/aromatic N) is 3. The van der Waals surface area contributed by atoms with Crippen molar-refractivity contribution in [2.45, 2.75) is 5.03 Å². The van der Waals surface area contributed by atoms with E-state index in [2.05, 4.69) is 20.0 Å². The predicted octanol–water partition coefficient (Wildman–Crippen LogP) is 0.232. The van der Waals surface area contributed by atoms with Crippen molar-refractivity contribution >= 4 is 44.6 Å². The number of sulfonamides is 1. The number of nitrogens with two attached hydrogens (primary N) is 1. The number of nitrogens with one attached hydrogen (secondary N) is 2. The fourth-order valence-corrected chi connectivity index (χ4v) is 3.29. The van der Waals surface area contributed by atoms with Gasteiger partial charge in [-0.2, -0.15) is 18.6 Å². The van der Waals surface area contributed by atoms with Crippen molar-refractivity contribution in [2.24, 2.45) is 12.8 Å². The highest BCUT2D eigenvalue weighted by atomic mass is 35.5. The van der Waals surface area contributed by atoms with E-state index in [0.29, 0.717) is 0 Å². The van der Waals surface area contributed by atoms with E-state index in [0.717, 1.165) is 4.68 Å². The van der Waals surface area contributed by atoms with Crippen molar-refractivity contribution in [3.63, 3.8) is 0 Å². The summed E-state index contributed by atoms with van der Waals surface area (Å²) in [6.07, 6.45) is 2.56. The number of halogens is 1. The number of hydrogen-bond donors (Lipinski definition) is 3. The van der Waals surface area contributed by atoms with Crippen LogP contribution in [-0.4, -0.2) is 33.4 Å². The van der Waals surface area contributed by atoms with Crippen molar-refractivity contribution in [2.75, 3.05) is 4.72 Å². The standard InChI is InChI=1S/C8H9ClN6O2S2/c1-15-8(5(9)3-12-15)19(16,17)14-7-4(6(10)18)2-11-13-7/h2-3H,1H3,(H2,10,18)(H2,11,13,14). The predicted molar refractivity (Wildman–Crippen MR) is 73.5 cm³/mol. The molecule has 0 fully saturated rings. The molecule has 4 N–H and O–H groups in total. The van der Waals surface area contributed by atoms with Crippen LogP contribution < -0.4 is 10.5 Å². The van der Waals surface area contributed by atoms with Gasteiger partial charge in [-0.15, -0.1) is 0 Å². The molecular weight excluding hydrogens is 312 g/mol. The van der Waals surface area contributed by atoms with Crippen LogP contribution in [-0.2, 0) is 17.1 Å². The third-order valence-electron chi connectivity index (χ3n) is 2.24. The van der Waals surface area contributed by atoms with Crippen molar-refractivity contribution in [3.8, 4) is 0 Å². The van der Waals surface area contributed by atoms with Gasteiger partial charge in [-0.1, -0.05) is 23.8 Å². The van der Waals surface area contributed by atoms with Gasteiger partial charge in [0.05, 0.1) is 23.0 Å². The summed E-state index contributed by atoms with van der Waals surface area (Å²) in [7, 11) is -2.46. The van der Waals surface area contributed by atoms with Crippen LogP contribution in [0.2, 0.25) is 5.02 Å². The van der Waals surface area contributed by atoms with Crippen LogP contribution in [0.5, 0.6) is 0 Å². The molecule has 0 aliphatic carbocycles. The Bertz CT molecular complexity index is 715. The van der Waals surface area contributed by atoms with Gasteiger partial charge in [-0.25, -0.2) is 0 Å². The van der Waals surface area contributed by atoms with Gasteiger partial charge in [0, 0.05) is 7.05 Å². The van der Waals surface area contributed by atoms with E-state index in [1.807, 2.05) is 0 Å². The van der Waals surface area contributed by atoms with Crippen molar-refractivity contribution in [1.82, 2.24) is 20.0 Å². The molecule has 2 heterocycles. The van der Waals surface area contributed by atoms with E-state index >= 15 is 0 Å². The van der Waals surface area contributed by atoms with Crippen LogP contribution in [0.1, 0.15) is 5.56 Å². The molecule has 0 spiro atoms. The van der Waals surface area contributed by atoms with Gasteiger partial charge < -0.3 is 5.73 Å². The summed E-state index contributed by atoms with van der Waals surface area (Å²) in [4.78, 5) is 0.0163. The smallest absolute Gasteiger partial charge is 0.281 e. The first kappa shape index (κ1) is 13.8. The molecular formula is C8H9ClN6O2S2. The summed E-state index contributed by atoms with van der Waals surface area (Å²) in [5.41, 5.74) is 5.74. The first-order chi connectivity index (χ1) is 8.83. The maximum Gasteiger partial charge on any atom is 0.281 e. The number of aromatic amines is 1. The number of hydrogen-bond acceptors (Lipinski definition) is 5. The molecule has 2 rings (SSSR count). The lowest BCUT2D eigenvalue weighted by Crippen LogP contribution is -2.20. The molecule has 19 heavy (non-hydrogen) atoms. The van der Waals surface area contributed by atoms with Gasteiger partial charge in [0.1, 0.15) is 10.8 Å². The van der Waals surface area contributed by atoms with E-state index < -0.39 is 10.0 Å². The van der Waals surface area contributed by atoms with Crippen LogP contribution >= 0.6 is 23.8 Å². The van der Waals surface area contributed by atoms with E-state index in [-0.39, 0.29) is 26.4 Å². The van der Waals surface area contributed by atoms with Gasteiger partial charge in [0.2, 0.25) is 0 Å². The maximum absolute atomic E-state index is 12.2. The third kappa shape index (κ3) is 2.55. The zero-order chi connectivity index (χ0) is 14.2. The Kier molecular flexibility index (Phi) is 3.47. The van der Waals surface area contributed by atoms with Crippen LogP contribution in [0.3, 0.4) is 0 Å². The Balaban J connectivity index is 2.43. The molecule has 0 aliphatic rings. The SMILES string of the molecule is Cn1ncc(Cl)c1S(=O)(=O)Nc1[nH]ncc1C(N)=S. The number of thiocarbonyl (C=S) groups is 1. The highest BCUT2D eigenvalue weighted by Gasteiger charge is 2.24. The van der Waals surface area contributed by atoms with Crippen LogP contribution in [0, 0.1) is 0 Å². The zero-order valence-corrected chi connectivity index (χ0v) is 12.0. The lowest BCUT2D eigenvalue weighted by Gasteiger charge is -2.08. The Hall–Kier alpha value is -1.65. The molecule has 0 saturated heterocycles. The average Bonchev–Trinajstić information content (AvgIpc) is 2.85. The Morgan fingerprint density at radius 2 is 2.26 bits per heavy atom. The number of rotatable bonds is 4. The van der Waals surface area contributed by atoms with Crippen LogP contribution in [0.4, 0.5) is 5.82 Å². The molecule has 0 aliphatic heterocycles. The summed E-state index contributed by atoms with van der Waals surface area (Å²) in [5, 5.41) is 9.74. The Morgan fingerprint density at radius 1 is 1.58 bits per heavy atom. The lowest BCUT2D eigenvalue weighted by atomic mass is 10.3. The zero-order valence-electron chi connectivity index (χ0n) is 9.58. The molecule has 102 valence electrons. The number of aromatic nitrogens is 4. The second kappa shape index (κ2) is 4.79. The van der Waals surface area contributed by atoms with Crippen LogP contribution in [0.25, 0.3) is 0 Å². The fraction of sp³-hybridized carbons (Fsp3) is 0.125. The quantitative estimate of drug-likeness (QED) is 0.694. The lowest BCUT2D eigenvalue weighted by molar-refractivity contribution is 0.582. The molecule has 0 radical (unpaired) electrons. The molecule has 0 aromatic carbocycles. The summed E-state index contributed by atoms with van der Waals surface area (Å²) in [6.45, 7) is 0. The molecule has 0 bridgehead atoms. The largest absolute Gasteiger partial charge is 0.389 e. The molecule has 0 unspecified atom stereocenters. The first-order valence-electron chi connectivity index (χ1n) is 4.86. The number of anilines is 1. The van der Waals surface area contributed by atoms with E-state index in [1.54, 1.807) is 0 Å². The summed E-state index contributed by atoms with van der Waals surface area (Å²) < 4.78 is 27.8. The van der Waals surface area contributed by atoms with Gasteiger partial charge in [-0.3, -0.25) is 14.5 Å². The van der Waals surface area contributed by atoms with Crippen molar-refractivity contribution < 1.29 is 8.42 Å². The summed E-state index contributed by atoms with van der Waals surface area (Å²) >= 11 is 10.6. The second-order valence-corrected chi connectivity index (χ2v) is 5.99. The third-order valence-corrected chi connectivity index (χ3v) is 4.31. The van der Waals surface area contributed by atoms with Gasteiger partial charge in [-0.05, 0) is 0 Å². The second-order valence-electron chi connectivity index (χ2n) is 3.55. The molecule has 0 saturated carbocycles. The highest BCUT2D eigenvalue weighted by molar-refractivity contribution is 7.92. The average molecular weight is 321 g/mol. The minimum absolute atomic E-state index is 0.00592. The number of aryl methyl sites for hydroxylation is 1. The normalized spacial score (nSPS) is 11.5. The fourth-order valence-electron chi connectivity index (χ4n) is 1.44. The summed E-state index contributed by atoms with van der Waals surface area (Å²) in [6, 6.07) is 0. The topological polar surface area (TPSA) is 119 Å². The maximum atomic E-state index is 12.2.